The van der Waals surface area contributed by atoms with Gasteiger partial charge >= 0.3 is 11.9 Å². The Morgan fingerprint density at radius 2 is 1.61 bits per heavy atom. The number of hydrogen-bond donors (Lipinski definition) is 0. The van der Waals surface area contributed by atoms with Crippen molar-refractivity contribution in [3.63, 3.8) is 0 Å². The Kier molecular flexibility index (Phi) is 5.86. The Bertz CT molecular complexity index is 308. The molecule has 0 N–H and O–H groups in total. The number of esters is 1. The smallest absolute Gasteiger partial charge is 0.402 e. The lowest BCUT2D eigenvalue weighted by Gasteiger charge is -2.30. The molecule has 0 radical (unpaired) electrons. The number of ether oxygens (including phenoxy) is 2. The second-order valence-electron chi connectivity index (χ2n) is 4.86. The Balaban J connectivity index is 5.13. The van der Waals surface area contributed by atoms with Gasteiger partial charge in [-0.2, -0.15) is 8.78 Å². The Labute approximate surface area is 106 Å². The highest BCUT2D eigenvalue weighted by atomic mass is 19.3. The van der Waals surface area contributed by atoms with Gasteiger partial charge in [0.25, 0.3) is 0 Å². The van der Waals surface area contributed by atoms with Gasteiger partial charge < -0.3 is 9.47 Å². The van der Waals surface area contributed by atoms with Crippen molar-refractivity contribution < 1.29 is 27.8 Å². The van der Waals surface area contributed by atoms with Crippen LogP contribution in [-0.2, 0) is 19.1 Å². The zero-order chi connectivity index (χ0) is 14.6. The van der Waals surface area contributed by atoms with Crippen LogP contribution in [-0.4, -0.2) is 37.0 Å². The van der Waals surface area contributed by atoms with Crippen LogP contribution in [0.5, 0.6) is 0 Å². The van der Waals surface area contributed by atoms with Crippen molar-refractivity contribution in [3.8, 4) is 0 Å². The Morgan fingerprint density at radius 3 is 1.94 bits per heavy atom. The van der Waals surface area contributed by atoms with Crippen LogP contribution in [0, 0.1) is 5.41 Å². The maximum atomic E-state index is 13.6. The van der Waals surface area contributed by atoms with Gasteiger partial charge in [-0.25, -0.2) is 4.79 Å². The molecule has 0 aromatic heterocycles. The van der Waals surface area contributed by atoms with Crippen LogP contribution < -0.4 is 0 Å². The van der Waals surface area contributed by atoms with E-state index in [4.69, 9.17) is 4.74 Å². The molecule has 106 valence electrons. The van der Waals surface area contributed by atoms with E-state index < -0.39 is 29.2 Å². The summed E-state index contributed by atoms with van der Waals surface area (Å²) >= 11 is 0. The highest BCUT2D eigenvalue weighted by Crippen LogP contribution is 2.30. The molecular weight excluding hydrogens is 246 g/mol. The van der Waals surface area contributed by atoms with Gasteiger partial charge in [0, 0.05) is 6.61 Å². The Hall–Kier alpha value is -1.04. The number of carbonyl (C=O) groups is 2. The number of Topliss-reactive ketones (excluding diaryl/α,β-unsaturated/α-hetero) is 1. The monoisotopic (exact) mass is 266 g/mol. The summed E-state index contributed by atoms with van der Waals surface area (Å²) in [5.41, 5.74) is -0.830. The molecule has 6 heteroatoms. The van der Waals surface area contributed by atoms with Crippen LogP contribution in [0.25, 0.3) is 0 Å². The second kappa shape index (κ2) is 6.22. The molecule has 0 aromatic carbocycles. The first-order valence-electron chi connectivity index (χ1n) is 5.79. The van der Waals surface area contributed by atoms with Gasteiger partial charge in [-0.05, 0) is 19.3 Å². The number of carbonyl (C=O) groups excluding carboxylic acids is 2. The molecule has 1 atom stereocenters. The molecule has 0 aliphatic heterocycles. The quantitative estimate of drug-likeness (QED) is 0.546. The van der Waals surface area contributed by atoms with Gasteiger partial charge in [-0.3, -0.25) is 4.79 Å². The van der Waals surface area contributed by atoms with Crippen LogP contribution >= 0.6 is 0 Å². The molecule has 4 nitrogen and oxygen atoms in total. The molecule has 0 saturated heterocycles. The normalized spacial score (nSPS) is 14.2. The lowest BCUT2D eigenvalue weighted by molar-refractivity contribution is -0.184. The van der Waals surface area contributed by atoms with E-state index in [1.165, 1.54) is 6.92 Å². The van der Waals surface area contributed by atoms with Gasteiger partial charge in [0.15, 0.2) is 0 Å². The maximum absolute atomic E-state index is 13.6. The molecule has 0 amide bonds. The molecule has 0 bridgehead atoms. The molecule has 1 unspecified atom stereocenters. The zero-order valence-corrected chi connectivity index (χ0v) is 11.4. The number of ketones is 1. The average Bonchev–Trinajstić information content (AvgIpc) is 2.23. The van der Waals surface area contributed by atoms with Crippen LogP contribution in [0.1, 0.15) is 34.6 Å². The number of hydrogen-bond acceptors (Lipinski definition) is 4. The fraction of sp³-hybridized carbons (Fsp3) is 0.833. The zero-order valence-electron chi connectivity index (χ0n) is 11.4. The SMILES string of the molecule is CCOC(=O)C(F)(F)C(=O)C(OCC)C(C)(C)C. The predicted octanol–water partition coefficient (Wildman–Crippen LogP) is 2.21. The Morgan fingerprint density at radius 1 is 1.11 bits per heavy atom. The third-order valence-electron chi connectivity index (χ3n) is 2.20. The summed E-state index contributed by atoms with van der Waals surface area (Å²) in [6, 6.07) is 0. The largest absolute Gasteiger partial charge is 0.461 e. The first kappa shape index (κ1) is 17.0. The van der Waals surface area contributed by atoms with E-state index in [1.54, 1.807) is 27.7 Å². The van der Waals surface area contributed by atoms with Gasteiger partial charge in [-0.15, -0.1) is 0 Å². The molecular formula is C12H20F2O4. The highest BCUT2D eigenvalue weighted by molar-refractivity contribution is 6.07. The fourth-order valence-corrected chi connectivity index (χ4v) is 1.37. The van der Waals surface area contributed by atoms with E-state index in [0.717, 1.165) is 0 Å². The van der Waals surface area contributed by atoms with Crippen molar-refractivity contribution in [3.05, 3.63) is 0 Å². The van der Waals surface area contributed by atoms with Crippen molar-refractivity contribution in [1.82, 2.24) is 0 Å². The summed E-state index contributed by atoms with van der Waals surface area (Å²) in [5, 5.41) is 0. The average molecular weight is 266 g/mol. The third-order valence-corrected chi connectivity index (χ3v) is 2.20. The minimum Gasteiger partial charge on any atom is -0.461 e. The summed E-state index contributed by atoms with van der Waals surface area (Å²) in [5.74, 6) is -7.57. The van der Waals surface area contributed by atoms with Crippen LogP contribution in [0.3, 0.4) is 0 Å². The predicted molar refractivity (Wildman–Crippen MR) is 61.5 cm³/mol. The number of halogens is 2. The molecule has 0 fully saturated rings. The van der Waals surface area contributed by atoms with E-state index in [0.29, 0.717) is 0 Å². The molecule has 0 heterocycles. The van der Waals surface area contributed by atoms with Crippen LogP contribution in [0.15, 0.2) is 0 Å². The molecule has 0 saturated carbocycles. The topological polar surface area (TPSA) is 52.6 Å². The van der Waals surface area contributed by atoms with Gasteiger partial charge in [0.2, 0.25) is 5.78 Å². The number of alkyl halides is 2. The van der Waals surface area contributed by atoms with Crippen molar-refractivity contribution in [1.29, 1.82) is 0 Å². The van der Waals surface area contributed by atoms with Crippen molar-refractivity contribution in [2.75, 3.05) is 13.2 Å². The van der Waals surface area contributed by atoms with Crippen LogP contribution in [0.4, 0.5) is 8.78 Å². The lowest BCUT2D eigenvalue weighted by atomic mass is 9.84. The summed E-state index contributed by atoms with van der Waals surface area (Å²) in [4.78, 5) is 22.8. The fourth-order valence-electron chi connectivity index (χ4n) is 1.37. The second-order valence-corrected chi connectivity index (χ2v) is 4.86. The summed E-state index contributed by atoms with van der Waals surface area (Å²) in [6.07, 6.45) is -1.36. The van der Waals surface area contributed by atoms with Gasteiger partial charge in [0.05, 0.1) is 6.61 Å². The third kappa shape index (κ3) is 4.01. The van der Waals surface area contributed by atoms with E-state index in [2.05, 4.69) is 4.74 Å². The lowest BCUT2D eigenvalue weighted by Crippen LogP contribution is -2.50. The standard InChI is InChI=1S/C12H20F2O4/c1-6-17-9(11(3,4)5)8(15)12(13,14)10(16)18-7-2/h9H,6-7H2,1-5H3. The minimum absolute atomic E-state index is 0.104. The number of rotatable bonds is 6. The van der Waals surface area contributed by atoms with Gasteiger partial charge in [-0.1, -0.05) is 20.8 Å². The van der Waals surface area contributed by atoms with Crippen molar-refractivity contribution in [2.45, 2.75) is 46.6 Å². The van der Waals surface area contributed by atoms with E-state index >= 15 is 0 Å². The van der Waals surface area contributed by atoms with E-state index in [-0.39, 0.29) is 13.2 Å². The molecule has 18 heavy (non-hydrogen) atoms. The summed E-state index contributed by atoms with van der Waals surface area (Å²) < 4.78 is 36.4. The first-order valence-corrected chi connectivity index (χ1v) is 5.79. The van der Waals surface area contributed by atoms with Crippen LogP contribution in [0.2, 0.25) is 0 Å². The summed E-state index contributed by atoms with van der Waals surface area (Å²) in [6.45, 7) is 7.64. The summed E-state index contributed by atoms with van der Waals surface area (Å²) in [7, 11) is 0. The maximum Gasteiger partial charge on any atom is 0.402 e. The highest BCUT2D eigenvalue weighted by Gasteiger charge is 2.54. The molecule has 0 rings (SSSR count). The van der Waals surface area contributed by atoms with E-state index in [9.17, 15) is 18.4 Å². The van der Waals surface area contributed by atoms with Gasteiger partial charge in [0.1, 0.15) is 6.10 Å². The minimum atomic E-state index is -4.18. The molecule has 0 aliphatic rings. The molecule has 0 spiro atoms. The van der Waals surface area contributed by atoms with E-state index in [1.807, 2.05) is 0 Å². The molecule has 0 aromatic rings. The van der Waals surface area contributed by atoms with Crippen molar-refractivity contribution >= 4 is 11.8 Å². The van der Waals surface area contributed by atoms with Crippen molar-refractivity contribution in [2.24, 2.45) is 5.41 Å². The molecule has 0 aliphatic carbocycles. The first-order chi connectivity index (χ1) is 8.08.